The highest BCUT2D eigenvalue weighted by atomic mass is 16.5. The number of nitrogens with two attached hydrogens (primary N) is 1. The van der Waals surface area contributed by atoms with Crippen molar-refractivity contribution in [2.45, 2.75) is 19.8 Å². The lowest BCUT2D eigenvalue weighted by Gasteiger charge is -2.21. The van der Waals surface area contributed by atoms with Crippen LogP contribution in [0.25, 0.3) is 0 Å². The van der Waals surface area contributed by atoms with E-state index in [2.05, 4.69) is 17.2 Å². The molecule has 0 radical (unpaired) electrons. The lowest BCUT2D eigenvalue weighted by Crippen LogP contribution is -2.28. The molecule has 0 unspecified atom stereocenters. The summed E-state index contributed by atoms with van der Waals surface area (Å²) in [5.74, 6) is 5.98. The van der Waals surface area contributed by atoms with Gasteiger partial charge in [-0.3, -0.25) is 4.79 Å². The fraction of sp³-hybridized carbons (Fsp3) is 0.438. The minimum absolute atomic E-state index is 0.0563. The number of amides is 1. The molecule has 20 heavy (non-hydrogen) atoms. The van der Waals surface area contributed by atoms with E-state index < -0.39 is 0 Å². The van der Waals surface area contributed by atoms with Crippen LogP contribution in [0.2, 0.25) is 0 Å². The molecule has 0 saturated carbocycles. The summed E-state index contributed by atoms with van der Waals surface area (Å²) < 4.78 is 5.27. The van der Waals surface area contributed by atoms with Crippen molar-refractivity contribution < 1.29 is 9.53 Å². The quantitative estimate of drug-likeness (QED) is 0.805. The van der Waals surface area contributed by atoms with Gasteiger partial charge in [-0.15, -0.1) is 0 Å². The Hall–Kier alpha value is -1.83. The molecule has 1 amide bonds. The molecular weight excluding hydrogens is 252 g/mol. The van der Waals surface area contributed by atoms with Gasteiger partial charge in [-0.1, -0.05) is 11.8 Å². The zero-order chi connectivity index (χ0) is 14.4. The number of ether oxygens (including phenoxy) is 1. The van der Waals surface area contributed by atoms with E-state index in [9.17, 15) is 4.79 Å². The molecule has 1 aliphatic heterocycles. The summed E-state index contributed by atoms with van der Waals surface area (Å²) in [6.07, 6.45) is 1.59. The largest absolute Gasteiger partial charge is 0.381 e. The van der Waals surface area contributed by atoms with Gasteiger partial charge in [0.1, 0.15) is 0 Å². The second-order valence-electron chi connectivity index (χ2n) is 4.91. The number of carbonyl (C=O) groups excluding carboxylic acids is 1. The molecule has 4 nitrogen and oxygen atoms in total. The summed E-state index contributed by atoms with van der Waals surface area (Å²) in [4.78, 5) is 12.1. The minimum atomic E-state index is 0.0563. The SMILES string of the molecule is Cc1cc(NC(=O)C2CCOCC2)ccc1C#CCN. The van der Waals surface area contributed by atoms with Crippen molar-refractivity contribution >= 4 is 11.6 Å². The number of aryl methyl sites for hydroxylation is 1. The summed E-state index contributed by atoms with van der Waals surface area (Å²) >= 11 is 0. The maximum Gasteiger partial charge on any atom is 0.227 e. The summed E-state index contributed by atoms with van der Waals surface area (Å²) in [6, 6.07) is 5.74. The van der Waals surface area contributed by atoms with Gasteiger partial charge in [-0.05, 0) is 43.5 Å². The van der Waals surface area contributed by atoms with E-state index >= 15 is 0 Å². The molecule has 0 spiro atoms. The first-order valence-corrected chi connectivity index (χ1v) is 6.89. The second-order valence-corrected chi connectivity index (χ2v) is 4.91. The van der Waals surface area contributed by atoms with Gasteiger partial charge in [0.05, 0.1) is 6.54 Å². The van der Waals surface area contributed by atoms with Gasteiger partial charge in [0.15, 0.2) is 0 Å². The fourth-order valence-electron chi connectivity index (χ4n) is 2.23. The van der Waals surface area contributed by atoms with Crippen molar-refractivity contribution in [1.29, 1.82) is 0 Å². The Morgan fingerprint density at radius 3 is 2.85 bits per heavy atom. The minimum Gasteiger partial charge on any atom is -0.381 e. The highest BCUT2D eigenvalue weighted by Crippen LogP contribution is 2.19. The Kier molecular flexibility index (Phi) is 5.16. The van der Waals surface area contributed by atoms with Crippen molar-refractivity contribution in [3.05, 3.63) is 29.3 Å². The smallest absolute Gasteiger partial charge is 0.227 e. The van der Waals surface area contributed by atoms with Gasteiger partial charge < -0.3 is 15.8 Å². The van der Waals surface area contributed by atoms with Crippen LogP contribution in [0, 0.1) is 24.7 Å². The number of carbonyl (C=O) groups is 1. The van der Waals surface area contributed by atoms with Gasteiger partial charge >= 0.3 is 0 Å². The number of rotatable bonds is 2. The molecule has 1 aromatic rings. The monoisotopic (exact) mass is 272 g/mol. The van der Waals surface area contributed by atoms with Crippen LogP contribution >= 0.6 is 0 Å². The van der Waals surface area contributed by atoms with Gasteiger partial charge in [0.2, 0.25) is 5.91 Å². The molecule has 1 aliphatic rings. The standard InChI is InChI=1S/C16H20N2O2/c1-12-11-15(5-4-13(12)3-2-8-17)18-16(19)14-6-9-20-10-7-14/h4-5,11,14H,6-10,17H2,1H3,(H,18,19). The Morgan fingerprint density at radius 2 is 2.20 bits per heavy atom. The highest BCUT2D eigenvalue weighted by Gasteiger charge is 2.21. The third-order valence-electron chi connectivity index (χ3n) is 3.41. The molecule has 0 atom stereocenters. The molecule has 4 heteroatoms. The molecule has 1 fully saturated rings. The Balaban J connectivity index is 2.02. The first-order valence-electron chi connectivity index (χ1n) is 6.89. The van der Waals surface area contributed by atoms with E-state index in [0.29, 0.717) is 19.8 Å². The zero-order valence-electron chi connectivity index (χ0n) is 11.7. The first-order chi connectivity index (χ1) is 9.70. The van der Waals surface area contributed by atoms with Crippen LogP contribution in [-0.2, 0) is 9.53 Å². The van der Waals surface area contributed by atoms with Crippen LogP contribution in [0.4, 0.5) is 5.69 Å². The number of nitrogens with one attached hydrogen (secondary N) is 1. The zero-order valence-corrected chi connectivity index (χ0v) is 11.7. The molecule has 1 heterocycles. The van der Waals surface area contributed by atoms with E-state index in [1.54, 1.807) is 0 Å². The highest BCUT2D eigenvalue weighted by molar-refractivity contribution is 5.92. The van der Waals surface area contributed by atoms with Crippen molar-refractivity contribution in [1.82, 2.24) is 0 Å². The van der Waals surface area contributed by atoms with Crippen LogP contribution in [0.15, 0.2) is 18.2 Å². The van der Waals surface area contributed by atoms with E-state index in [4.69, 9.17) is 10.5 Å². The third-order valence-corrected chi connectivity index (χ3v) is 3.41. The number of benzene rings is 1. The van der Waals surface area contributed by atoms with Gasteiger partial charge in [0.25, 0.3) is 0 Å². The Bertz CT molecular complexity index is 537. The summed E-state index contributed by atoms with van der Waals surface area (Å²) in [7, 11) is 0. The third kappa shape index (κ3) is 3.83. The fourth-order valence-corrected chi connectivity index (χ4v) is 2.23. The molecule has 3 N–H and O–H groups in total. The van der Waals surface area contributed by atoms with Crippen molar-refractivity contribution in [3.8, 4) is 11.8 Å². The molecule has 0 bridgehead atoms. The maximum absolute atomic E-state index is 12.1. The van der Waals surface area contributed by atoms with Crippen LogP contribution < -0.4 is 11.1 Å². The first kappa shape index (κ1) is 14.6. The average Bonchev–Trinajstić information content (AvgIpc) is 2.47. The van der Waals surface area contributed by atoms with Crippen LogP contribution in [-0.4, -0.2) is 25.7 Å². The van der Waals surface area contributed by atoms with Crippen LogP contribution in [0.3, 0.4) is 0 Å². The van der Waals surface area contributed by atoms with Crippen LogP contribution in [0.5, 0.6) is 0 Å². The molecule has 0 aromatic heterocycles. The summed E-state index contributed by atoms with van der Waals surface area (Å²) in [5, 5.41) is 2.97. The van der Waals surface area contributed by atoms with E-state index in [1.165, 1.54) is 0 Å². The molecule has 1 aromatic carbocycles. The number of hydrogen-bond acceptors (Lipinski definition) is 3. The lowest BCUT2D eigenvalue weighted by atomic mass is 9.99. The number of hydrogen-bond donors (Lipinski definition) is 2. The predicted octanol–water partition coefficient (Wildman–Crippen LogP) is 1.67. The van der Waals surface area contributed by atoms with Crippen LogP contribution in [0.1, 0.15) is 24.0 Å². The van der Waals surface area contributed by atoms with E-state index in [1.807, 2.05) is 25.1 Å². The van der Waals surface area contributed by atoms with Gasteiger partial charge in [-0.25, -0.2) is 0 Å². The molecule has 1 saturated heterocycles. The Morgan fingerprint density at radius 1 is 1.45 bits per heavy atom. The van der Waals surface area contributed by atoms with Crippen molar-refractivity contribution in [2.75, 3.05) is 25.1 Å². The van der Waals surface area contributed by atoms with Gasteiger partial charge in [-0.2, -0.15) is 0 Å². The Labute approximate surface area is 119 Å². The molecular formula is C16H20N2O2. The maximum atomic E-state index is 12.1. The van der Waals surface area contributed by atoms with Crippen molar-refractivity contribution in [2.24, 2.45) is 11.7 Å². The predicted molar refractivity (Wildman–Crippen MR) is 79.3 cm³/mol. The summed E-state index contributed by atoms with van der Waals surface area (Å²) in [5.41, 5.74) is 8.16. The second kappa shape index (κ2) is 7.09. The normalized spacial score (nSPS) is 15.3. The topological polar surface area (TPSA) is 64.3 Å². The van der Waals surface area contributed by atoms with Crippen molar-refractivity contribution in [3.63, 3.8) is 0 Å². The van der Waals surface area contributed by atoms with E-state index in [-0.39, 0.29) is 11.8 Å². The van der Waals surface area contributed by atoms with E-state index in [0.717, 1.165) is 29.7 Å². The molecule has 106 valence electrons. The molecule has 2 rings (SSSR count). The lowest BCUT2D eigenvalue weighted by molar-refractivity contribution is -0.122. The molecule has 0 aliphatic carbocycles. The summed E-state index contributed by atoms with van der Waals surface area (Å²) in [6.45, 7) is 3.67. The van der Waals surface area contributed by atoms with Gasteiger partial charge in [0, 0.05) is 30.4 Å². The number of anilines is 1. The average molecular weight is 272 g/mol.